The van der Waals surface area contributed by atoms with Crippen molar-refractivity contribution in [1.82, 2.24) is 4.90 Å². The molecule has 1 aliphatic rings. The molecule has 1 unspecified atom stereocenters. The number of aliphatic carboxylic acids is 1. The van der Waals surface area contributed by atoms with Gasteiger partial charge < -0.3 is 14.7 Å². The van der Waals surface area contributed by atoms with Crippen LogP contribution >= 0.6 is 35.0 Å². The van der Waals surface area contributed by atoms with Crippen LogP contribution in [0.1, 0.15) is 22.8 Å². The molecule has 1 atom stereocenters. The minimum atomic E-state index is -0.745. The molecular formula is C20H21Cl2NO3S. The van der Waals surface area contributed by atoms with E-state index in [1.807, 2.05) is 30.0 Å². The van der Waals surface area contributed by atoms with Crippen LogP contribution in [0.25, 0.3) is 0 Å². The molecule has 0 aliphatic carbocycles. The van der Waals surface area contributed by atoms with Crippen LogP contribution in [0.3, 0.4) is 0 Å². The van der Waals surface area contributed by atoms with Crippen LogP contribution < -0.4 is 4.74 Å². The van der Waals surface area contributed by atoms with Crippen LogP contribution in [0, 0.1) is 0 Å². The summed E-state index contributed by atoms with van der Waals surface area (Å²) >= 11 is 14.3. The predicted molar refractivity (Wildman–Crippen MR) is 111 cm³/mol. The van der Waals surface area contributed by atoms with E-state index in [-0.39, 0.29) is 6.42 Å². The van der Waals surface area contributed by atoms with Crippen molar-refractivity contribution in [3.05, 3.63) is 63.6 Å². The third-order valence-electron chi connectivity index (χ3n) is 4.49. The number of hydrogen-bond donors (Lipinski definition) is 1. The fourth-order valence-corrected chi connectivity index (χ4v) is 4.79. The van der Waals surface area contributed by atoms with Crippen molar-refractivity contribution in [2.24, 2.45) is 0 Å². The van der Waals surface area contributed by atoms with E-state index in [1.165, 1.54) is 5.56 Å². The second-order valence-corrected chi connectivity index (χ2v) is 8.49. The van der Waals surface area contributed by atoms with Crippen LogP contribution in [0.2, 0.25) is 10.0 Å². The highest BCUT2D eigenvalue weighted by molar-refractivity contribution is 7.99. The van der Waals surface area contributed by atoms with Crippen LogP contribution in [0.15, 0.2) is 42.5 Å². The second-order valence-electron chi connectivity index (χ2n) is 6.36. The van der Waals surface area contributed by atoms with Crippen molar-refractivity contribution in [3.8, 4) is 5.75 Å². The summed E-state index contributed by atoms with van der Waals surface area (Å²) in [6.45, 7) is 2.73. The van der Waals surface area contributed by atoms with Gasteiger partial charge in [0.25, 0.3) is 0 Å². The number of ether oxygens (including phenoxy) is 1. The first-order valence-corrected chi connectivity index (χ1v) is 10.5. The zero-order valence-electron chi connectivity index (χ0n) is 14.7. The van der Waals surface area contributed by atoms with Crippen LogP contribution in [-0.4, -0.2) is 41.4 Å². The summed E-state index contributed by atoms with van der Waals surface area (Å²) in [4.78, 5) is 13.0. The average molecular weight is 426 g/mol. The van der Waals surface area contributed by atoms with Crippen molar-refractivity contribution in [3.63, 3.8) is 0 Å². The van der Waals surface area contributed by atoms with E-state index in [2.05, 4.69) is 17.0 Å². The van der Waals surface area contributed by atoms with E-state index in [4.69, 9.17) is 33.0 Å². The van der Waals surface area contributed by atoms with Gasteiger partial charge in [0.05, 0.1) is 6.42 Å². The number of thioether (sulfide) groups is 1. The first kappa shape index (κ1) is 20.3. The number of carboxylic acid groups (broad SMARTS) is 1. The summed E-state index contributed by atoms with van der Waals surface area (Å²) in [6.07, 6.45) is 0.189. The fraction of sp³-hybridized carbons (Fsp3) is 0.350. The lowest BCUT2D eigenvalue weighted by Crippen LogP contribution is -2.35. The predicted octanol–water partition coefficient (Wildman–Crippen LogP) is 5.14. The van der Waals surface area contributed by atoms with E-state index < -0.39 is 5.97 Å². The normalized spacial score (nSPS) is 17.6. The van der Waals surface area contributed by atoms with Gasteiger partial charge in [-0.15, -0.1) is 0 Å². The largest absolute Gasteiger partial charge is 0.489 e. The molecule has 1 aliphatic heterocycles. The van der Waals surface area contributed by atoms with Crippen molar-refractivity contribution in [2.75, 3.05) is 25.4 Å². The minimum Gasteiger partial charge on any atom is -0.489 e. The van der Waals surface area contributed by atoms with E-state index in [0.717, 1.165) is 30.2 Å². The molecule has 0 spiro atoms. The first-order chi connectivity index (χ1) is 13.0. The molecule has 7 heteroatoms. The zero-order valence-corrected chi connectivity index (χ0v) is 17.1. The van der Waals surface area contributed by atoms with Gasteiger partial charge in [0.2, 0.25) is 0 Å². The molecule has 1 heterocycles. The number of benzene rings is 2. The summed E-state index contributed by atoms with van der Waals surface area (Å²) in [6, 6.07) is 13.5. The Morgan fingerprint density at radius 3 is 2.56 bits per heavy atom. The molecule has 0 radical (unpaired) electrons. The van der Waals surface area contributed by atoms with E-state index in [0.29, 0.717) is 28.4 Å². The summed E-state index contributed by atoms with van der Waals surface area (Å²) in [5.41, 5.74) is 2.00. The molecule has 2 aromatic carbocycles. The fourth-order valence-electron chi connectivity index (χ4n) is 2.97. The summed E-state index contributed by atoms with van der Waals surface area (Å²) in [5, 5.41) is 10.4. The molecule has 0 saturated carbocycles. The lowest BCUT2D eigenvalue weighted by atomic mass is 10.1. The SMILES string of the molecule is O=C(O)CCN1CCSC(c2ccc(OCc3c(Cl)cccc3Cl)cc2)C1. The maximum absolute atomic E-state index is 10.8. The summed E-state index contributed by atoms with van der Waals surface area (Å²) < 4.78 is 5.83. The smallest absolute Gasteiger partial charge is 0.304 e. The molecule has 0 bridgehead atoms. The molecule has 1 fully saturated rings. The van der Waals surface area contributed by atoms with Crippen LogP contribution in [0.5, 0.6) is 5.75 Å². The van der Waals surface area contributed by atoms with Gasteiger partial charge in [-0.3, -0.25) is 4.79 Å². The average Bonchev–Trinajstić information content (AvgIpc) is 2.67. The molecule has 0 aromatic heterocycles. The highest BCUT2D eigenvalue weighted by Gasteiger charge is 2.22. The number of hydrogen-bond acceptors (Lipinski definition) is 4. The molecule has 1 N–H and O–H groups in total. The Morgan fingerprint density at radius 2 is 1.89 bits per heavy atom. The maximum atomic E-state index is 10.8. The van der Waals surface area contributed by atoms with Gasteiger partial charge in [-0.25, -0.2) is 0 Å². The van der Waals surface area contributed by atoms with Crippen LogP contribution in [0.4, 0.5) is 0 Å². The Morgan fingerprint density at radius 1 is 1.19 bits per heavy atom. The molecule has 27 heavy (non-hydrogen) atoms. The molecule has 3 rings (SSSR count). The van der Waals surface area contributed by atoms with Crippen molar-refractivity contribution < 1.29 is 14.6 Å². The molecule has 144 valence electrons. The Kier molecular flexibility index (Phi) is 7.30. The summed E-state index contributed by atoms with van der Waals surface area (Å²) in [7, 11) is 0. The molecular weight excluding hydrogens is 405 g/mol. The van der Waals surface area contributed by atoms with E-state index in [9.17, 15) is 4.79 Å². The Bertz CT molecular complexity index is 765. The second kappa shape index (κ2) is 9.69. The number of nitrogens with zero attached hydrogens (tertiary/aromatic N) is 1. The quantitative estimate of drug-likeness (QED) is 0.665. The zero-order chi connectivity index (χ0) is 19.2. The van der Waals surface area contributed by atoms with Gasteiger partial charge in [0.1, 0.15) is 12.4 Å². The third kappa shape index (κ3) is 5.79. The van der Waals surface area contributed by atoms with Crippen molar-refractivity contribution in [1.29, 1.82) is 0 Å². The van der Waals surface area contributed by atoms with Crippen molar-refractivity contribution in [2.45, 2.75) is 18.3 Å². The maximum Gasteiger partial charge on any atom is 0.304 e. The molecule has 2 aromatic rings. The highest BCUT2D eigenvalue weighted by atomic mass is 35.5. The van der Waals surface area contributed by atoms with E-state index in [1.54, 1.807) is 12.1 Å². The number of carbonyl (C=O) groups is 1. The van der Waals surface area contributed by atoms with Crippen molar-refractivity contribution >= 4 is 40.9 Å². The third-order valence-corrected chi connectivity index (χ3v) is 6.44. The number of halogens is 2. The van der Waals surface area contributed by atoms with Gasteiger partial charge in [-0.1, -0.05) is 41.4 Å². The van der Waals surface area contributed by atoms with Gasteiger partial charge >= 0.3 is 5.97 Å². The Labute approximate surface area is 173 Å². The highest BCUT2D eigenvalue weighted by Crippen LogP contribution is 2.34. The minimum absolute atomic E-state index is 0.189. The first-order valence-electron chi connectivity index (χ1n) is 8.74. The summed E-state index contributed by atoms with van der Waals surface area (Å²) in [5.74, 6) is 1.02. The van der Waals surface area contributed by atoms with Gasteiger partial charge in [-0.2, -0.15) is 11.8 Å². The standard InChI is InChI=1S/C20H21Cl2NO3S/c21-17-2-1-3-18(22)16(17)13-26-15-6-4-14(5-7-15)19-12-23(10-11-27-19)9-8-20(24)25/h1-7,19H,8-13H2,(H,24,25). The van der Waals surface area contributed by atoms with Gasteiger partial charge in [-0.05, 0) is 29.8 Å². The Hall–Kier alpha value is -1.40. The topological polar surface area (TPSA) is 49.8 Å². The van der Waals surface area contributed by atoms with Gasteiger partial charge in [0.15, 0.2) is 0 Å². The van der Waals surface area contributed by atoms with E-state index >= 15 is 0 Å². The number of rotatable bonds is 7. The van der Waals surface area contributed by atoms with Gasteiger partial charge in [0, 0.05) is 46.2 Å². The molecule has 1 saturated heterocycles. The monoisotopic (exact) mass is 425 g/mol. The van der Waals surface area contributed by atoms with Crippen LogP contribution in [-0.2, 0) is 11.4 Å². The lowest BCUT2D eigenvalue weighted by Gasteiger charge is -2.32. The number of carboxylic acids is 1. The Balaban J connectivity index is 1.57. The lowest BCUT2D eigenvalue weighted by molar-refractivity contribution is -0.137. The molecule has 0 amide bonds. The molecule has 4 nitrogen and oxygen atoms in total.